The molecule has 0 spiro atoms. The Morgan fingerprint density at radius 3 is 2.44 bits per heavy atom. The number of ether oxygens (including phenoxy) is 2. The Bertz CT molecular complexity index is 282. The molecule has 1 fully saturated rings. The van der Waals surface area contributed by atoms with Crippen LogP contribution in [0.25, 0.3) is 0 Å². The Kier molecular flexibility index (Phi) is 3.78. The van der Waals surface area contributed by atoms with Crippen LogP contribution in [0.15, 0.2) is 0 Å². The second-order valence-corrected chi connectivity index (χ2v) is 4.85. The molecular weight excluding hydrogens is 210 g/mol. The van der Waals surface area contributed by atoms with E-state index < -0.39 is 17.7 Å². The van der Waals surface area contributed by atoms with E-state index in [0.717, 1.165) is 6.42 Å². The molecule has 0 aromatic rings. The smallest absolute Gasteiger partial charge is 0.410 e. The molecule has 0 N–H and O–H groups in total. The molecule has 0 bridgehead atoms. The highest BCUT2D eigenvalue weighted by molar-refractivity contribution is 5.82. The molecule has 1 amide bonds. The van der Waals surface area contributed by atoms with Crippen LogP contribution < -0.4 is 0 Å². The molecule has 1 saturated heterocycles. The highest BCUT2D eigenvalue weighted by Gasteiger charge is 2.37. The van der Waals surface area contributed by atoms with Crippen molar-refractivity contribution in [2.24, 2.45) is 0 Å². The monoisotopic (exact) mass is 229 g/mol. The molecule has 5 heteroatoms. The van der Waals surface area contributed by atoms with Gasteiger partial charge in [0.1, 0.15) is 11.6 Å². The second-order valence-electron chi connectivity index (χ2n) is 4.85. The number of rotatable bonds is 1. The van der Waals surface area contributed by atoms with Gasteiger partial charge in [-0.3, -0.25) is 4.90 Å². The van der Waals surface area contributed by atoms with E-state index in [1.54, 1.807) is 0 Å². The van der Waals surface area contributed by atoms with Crippen molar-refractivity contribution in [3.05, 3.63) is 0 Å². The van der Waals surface area contributed by atoms with Crippen LogP contribution in [0.3, 0.4) is 0 Å². The van der Waals surface area contributed by atoms with Gasteiger partial charge in [0.05, 0.1) is 7.11 Å². The van der Waals surface area contributed by atoms with Crippen LogP contribution in [0.5, 0.6) is 0 Å². The lowest BCUT2D eigenvalue weighted by atomic mass is 10.1. The van der Waals surface area contributed by atoms with Gasteiger partial charge in [-0.25, -0.2) is 9.59 Å². The number of carbonyl (C=O) groups excluding carboxylic acids is 2. The van der Waals surface area contributed by atoms with Crippen molar-refractivity contribution in [3.63, 3.8) is 0 Å². The first-order valence-electron chi connectivity index (χ1n) is 5.42. The first kappa shape index (κ1) is 12.8. The molecule has 0 radical (unpaired) electrons. The molecule has 0 aliphatic carbocycles. The zero-order valence-electron chi connectivity index (χ0n) is 10.3. The number of esters is 1. The van der Waals surface area contributed by atoms with Crippen LogP contribution in [-0.4, -0.2) is 42.3 Å². The molecule has 1 aliphatic rings. The van der Waals surface area contributed by atoms with Gasteiger partial charge in [-0.15, -0.1) is 0 Å². The van der Waals surface area contributed by atoms with E-state index in [-0.39, 0.29) is 5.97 Å². The summed E-state index contributed by atoms with van der Waals surface area (Å²) in [5.41, 5.74) is -0.526. The van der Waals surface area contributed by atoms with Gasteiger partial charge in [-0.2, -0.15) is 0 Å². The van der Waals surface area contributed by atoms with Crippen molar-refractivity contribution < 1.29 is 19.1 Å². The molecule has 0 aromatic heterocycles. The molecule has 5 nitrogen and oxygen atoms in total. The van der Waals surface area contributed by atoms with Crippen molar-refractivity contribution in [2.75, 3.05) is 13.7 Å². The minimum Gasteiger partial charge on any atom is -0.458 e. The van der Waals surface area contributed by atoms with Gasteiger partial charge >= 0.3 is 12.1 Å². The van der Waals surface area contributed by atoms with Crippen LogP contribution in [0.2, 0.25) is 0 Å². The molecule has 0 unspecified atom stereocenters. The summed E-state index contributed by atoms with van der Waals surface area (Å²) >= 11 is 0. The number of hydrogen-bond acceptors (Lipinski definition) is 4. The number of hydrogen-bond donors (Lipinski definition) is 0. The zero-order valence-corrected chi connectivity index (χ0v) is 10.3. The van der Waals surface area contributed by atoms with E-state index in [4.69, 9.17) is 4.74 Å². The predicted molar refractivity (Wildman–Crippen MR) is 58.0 cm³/mol. The first-order chi connectivity index (χ1) is 7.35. The summed E-state index contributed by atoms with van der Waals surface area (Å²) in [7, 11) is 1.31. The third kappa shape index (κ3) is 3.12. The fraction of sp³-hybridized carbons (Fsp3) is 0.818. The summed E-state index contributed by atoms with van der Waals surface area (Å²) in [5.74, 6) is -0.351. The van der Waals surface area contributed by atoms with Crippen molar-refractivity contribution in [1.29, 1.82) is 0 Å². The molecule has 92 valence electrons. The van der Waals surface area contributed by atoms with Crippen LogP contribution in [0, 0.1) is 0 Å². The van der Waals surface area contributed by atoms with Crippen molar-refractivity contribution in [2.45, 2.75) is 45.3 Å². The average molecular weight is 229 g/mol. The Labute approximate surface area is 95.7 Å². The maximum Gasteiger partial charge on any atom is 0.410 e. The summed E-state index contributed by atoms with van der Waals surface area (Å²) in [6.45, 7) is 5.98. The molecular formula is C11H19NO4. The van der Waals surface area contributed by atoms with Crippen LogP contribution in [0.1, 0.15) is 33.6 Å². The second kappa shape index (κ2) is 4.72. The van der Waals surface area contributed by atoms with Crippen LogP contribution in [-0.2, 0) is 14.3 Å². The number of likely N-dealkylation sites (tertiary alicyclic amines) is 1. The maximum absolute atomic E-state index is 11.8. The summed E-state index contributed by atoms with van der Waals surface area (Å²) in [4.78, 5) is 24.6. The lowest BCUT2D eigenvalue weighted by Crippen LogP contribution is -2.43. The molecule has 1 rings (SSSR count). The van der Waals surface area contributed by atoms with E-state index in [1.807, 2.05) is 20.8 Å². The van der Waals surface area contributed by atoms with E-state index >= 15 is 0 Å². The largest absolute Gasteiger partial charge is 0.458 e. The molecule has 1 atom stereocenters. The minimum absolute atomic E-state index is 0.351. The van der Waals surface area contributed by atoms with Gasteiger partial charge in [0, 0.05) is 6.54 Å². The van der Waals surface area contributed by atoms with Gasteiger partial charge in [-0.1, -0.05) is 0 Å². The Morgan fingerprint density at radius 2 is 1.94 bits per heavy atom. The fourth-order valence-electron chi connectivity index (χ4n) is 1.72. The molecule has 1 aliphatic heterocycles. The third-order valence-electron chi connectivity index (χ3n) is 2.34. The molecule has 0 saturated carbocycles. The van der Waals surface area contributed by atoms with Crippen LogP contribution >= 0.6 is 0 Å². The summed E-state index contributed by atoms with van der Waals surface area (Å²) in [6, 6.07) is -0.494. The van der Waals surface area contributed by atoms with E-state index in [2.05, 4.69) is 4.74 Å². The number of methoxy groups -OCH3 is 1. The number of amides is 1. The lowest BCUT2D eigenvalue weighted by Gasteiger charge is -2.26. The van der Waals surface area contributed by atoms with Gasteiger partial charge in [0.15, 0.2) is 0 Å². The minimum atomic E-state index is -0.526. The highest BCUT2D eigenvalue weighted by atomic mass is 16.6. The first-order valence-corrected chi connectivity index (χ1v) is 5.42. The molecule has 16 heavy (non-hydrogen) atoms. The summed E-state index contributed by atoms with van der Waals surface area (Å²) in [6.07, 6.45) is 0.983. The van der Waals surface area contributed by atoms with Gasteiger partial charge in [-0.05, 0) is 33.6 Å². The zero-order chi connectivity index (χ0) is 12.3. The topological polar surface area (TPSA) is 55.8 Å². The van der Waals surface area contributed by atoms with E-state index in [1.165, 1.54) is 12.0 Å². The van der Waals surface area contributed by atoms with Crippen molar-refractivity contribution in [3.8, 4) is 0 Å². The Balaban J connectivity index is 2.65. The third-order valence-corrected chi connectivity index (χ3v) is 2.34. The van der Waals surface area contributed by atoms with Gasteiger partial charge < -0.3 is 9.47 Å². The predicted octanol–water partition coefficient (Wildman–Crippen LogP) is 1.56. The normalized spacial score (nSPS) is 20.8. The van der Waals surface area contributed by atoms with Gasteiger partial charge in [0.25, 0.3) is 0 Å². The number of carbonyl (C=O) groups is 2. The SMILES string of the molecule is COC(=O)N1CCC[C@@H]1C(=O)OC(C)(C)C. The Hall–Kier alpha value is -1.26. The molecule has 0 aromatic carbocycles. The number of nitrogens with zero attached hydrogens (tertiary/aromatic N) is 1. The standard InChI is InChI=1S/C11H19NO4/c1-11(2,3)16-9(13)8-6-5-7-12(8)10(14)15-4/h8H,5-7H2,1-4H3/t8-/m1/s1. The maximum atomic E-state index is 11.8. The van der Waals surface area contributed by atoms with Crippen molar-refractivity contribution >= 4 is 12.1 Å². The quantitative estimate of drug-likeness (QED) is 0.640. The van der Waals surface area contributed by atoms with Gasteiger partial charge in [0.2, 0.25) is 0 Å². The summed E-state index contributed by atoms with van der Waals surface area (Å²) < 4.78 is 9.88. The van der Waals surface area contributed by atoms with Crippen molar-refractivity contribution in [1.82, 2.24) is 4.90 Å². The van der Waals surface area contributed by atoms with E-state index in [0.29, 0.717) is 13.0 Å². The fourth-order valence-corrected chi connectivity index (χ4v) is 1.72. The Morgan fingerprint density at radius 1 is 1.31 bits per heavy atom. The lowest BCUT2D eigenvalue weighted by molar-refractivity contribution is -0.159. The van der Waals surface area contributed by atoms with Crippen LogP contribution in [0.4, 0.5) is 4.79 Å². The highest BCUT2D eigenvalue weighted by Crippen LogP contribution is 2.21. The summed E-state index contributed by atoms with van der Waals surface area (Å²) in [5, 5.41) is 0. The van der Waals surface area contributed by atoms with E-state index in [9.17, 15) is 9.59 Å². The average Bonchev–Trinajstić information content (AvgIpc) is 2.62. The molecule has 1 heterocycles.